The molecule has 0 aliphatic rings. The number of unbranched alkanes of at least 4 members (excludes halogenated alkanes) is 45. The lowest BCUT2D eigenvalue weighted by Gasteiger charge is -2.21. The lowest BCUT2D eigenvalue weighted by Crippen LogP contribution is -2.30. The highest BCUT2D eigenvalue weighted by Crippen LogP contribution is 2.45. The van der Waals surface area contributed by atoms with E-state index in [4.69, 9.17) is 37.0 Å². The second kappa shape index (κ2) is 72.0. The Bertz CT molecular complexity index is 1990. The molecule has 606 valence electrons. The number of carbonyl (C=O) groups is 4. The fourth-order valence-electron chi connectivity index (χ4n) is 12.8. The Morgan fingerprint density at radius 2 is 0.471 bits per heavy atom. The second-order valence-corrected chi connectivity index (χ2v) is 34.4. The van der Waals surface area contributed by atoms with Crippen LogP contribution in [0.4, 0.5) is 0 Å². The number of carbonyl (C=O) groups excluding carboxylic acids is 4. The van der Waals surface area contributed by atoms with Crippen LogP contribution in [0.1, 0.15) is 428 Å². The van der Waals surface area contributed by atoms with Gasteiger partial charge >= 0.3 is 39.5 Å². The zero-order valence-corrected chi connectivity index (χ0v) is 69.0. The predicted molar refractivity (Wildman–Crippen MR) is 418 cm³/mol. The van der Waals surface area contributed by atoms with Crippen molar-refractivity contribution in [1.82, 2.24) is 0 Å². The van der Waals surface area contributed by atoms with E-state index in [2.05, 4.69) is 55.4 Å². The average molecular weight is 1490 g/mol. The average Bonchev–Trinajstić information content (AvgIpc) is 0.914. The van der Waals surface area contributed by atoms with Gasteiger partial charge in [-0.15, -0.1) is 0 Å². The number of aliphatic hydroxyl groups is 1. The van der Waals surface area contributed by atoms with Gasteiger partial charge in [-0.2, -0.15) is 0 Å². The van der Waals surface area contributed by atoms with Gasteiger partial charge in [0.25, 0.3) is 0 Å². The zero-order chi connectivity index (χ0) is 75.3. The number of hydrogen-bond donors (Lipinski definition) is 3. The van der Waals surface area contributed by atoms with E-state index in [1.807, 2.05) is 0 Å². The number of hydrogen-bond acceptors (Lipinski definition) is 15. The largest absolute Gasteiger partial charge is 0.472 e. The second-order valence-electron chi connectivity index (χ2n) is 31.5. The molecular weight excluding hydrogens is 1330 g/mol. The summed E-state index contributed by atoms with van der Waals surface area (Å²) in [7, 11) is -9.92. The Balaban J connectivity index is 5.19. The molecule has 0 bridgehead atoms. The summed E-state index contributed by atoms with van der Waals surface area (Å²) in [5.74, 6) is 1.00. The molecular formula is C83H162O17P2. The number of ether oxygens (including phenoxy) is 4. The van der Waals surface area contributed by atoms with Crippen molar-refractivity contribution in [2.75, 3.05) is 39.6 Å². The molecule has 0 saturated carbocycles. The molecule has 0 radical (unpaired) electrons. The smallest absolute Gasteiger partial charge is 0.462 e. The Morgan fingerprint density at radius 3 is 0.696 bits per heavy atom. The number of aliphatic hydroxyl groups excluding tert-OH is 1. The van der Waals surface area contributed by atoms with Crippen LogP contribution in [0.3, 0.4) is 0 Å². The molecule has 3 N–H and O–H groups in total. The quantitative estimate of drug-likeness (QED) is 0.0222. The number of esters is 4. The van der Waals surface area contributed by atoms with Crippen LogP contribution < -0.4 is 0 Å². The van der Waals surface area contributed by atoms with Gasteiger partial charge in [-0.25, -0.2) is 9.13 Å². The van der Waals surface area contributed by atoms with Gasteiger partial charge in [-0.1, -0.05) is 376 Å². The molecule has 102 heavy (non-hydrogen) atoms. The maximum Gasteiger partial charge on any atom is 0.472 e. The van der Waals surface area contributed by atoms with E-state index in [0.29, 0.717) is 31.6 Å². The van der Waals surface area contributed by atoms with Crippen LogP contribution in [0.15, 0.2) is 0 Å². The van der Waals surface area contributed by atoms with E-state index in [1.165, 1.54) is 225 Å². The summed E-state index contributed by atoms with van der Waals surface area (Å²) in [4.78, 5) is 73.0. The van der Waals surface area contributed by atoms with Crippen molar-refractivity contribution in [3.05, 3.63) is 0 Å². The van der Waals surface area contributed by atoms with Crippen molar-refractivity contribution in [3.8, 4) is 0 Å². The lowest BCUT2D eigenvalue weighted by molar-refractivity contribution is -0.161. The van der Waals surface area contributed by atoms with Crippen molar-refractivity contribution >= 4 is 39.5 Å². The fourth-order valence-corrected chi connectivity index (χ4v) is 14.3. The summed E-state index contributed by atoms with van der Waals surface area (Å²) in [6, 6.07) is 0. The van der Waals surface area contributed by atoms with Crippen LogP contribution in [-0.4, -0.2) is 96.7 Å². The number of phosphoric ester groups is 2. The summed E-state index contributed by atoms with van der Waals surface area (Å²) in [5, 5.41) is 10.6. The SMILES string of the molecule is CCC(C)CCCCCCCCCCCCCCCCC(=O)O[C@H](COC(=O)CCCCCCCCCCCCCC(C)C)COP(=O)(O)OCC(O)COP(=O)(O)OC[C@@H](COC(=O)CCCCCCCCC(C)C)OC(=O)CCCCCCCCCCCCCCCCCCCCC(C)C. The molecule has 0 aromatic carbocycles. The molecule has 0 saturated heterocycles. The molecule has 6 atom stereocenters. The molecule has 0 aliphatic carbocycles. The highest BCUT2D eigenvalue weighted by molar-refractivity contribution is 7.47. The first-order chi connectivity index (χ1) is 49.1. The van der Waals surface area contributed by atoms with Crippen molar-refractivity contribution in [1.29, 1.82) is 0 Å². The highest BCUT2D eigenvalue weighted by Gasteiger charge is 2.30. The molecule has 19 heteroatoms. The van der Waals surface area contributed by atoms with Gasteiger partial charge in [0, 0.05) is 25.7 Å². The van der Waals surface area contributed by atoms with Crippen LogP contribution in [0, 0.1) is 23.7 Å². The molecule has 0 aromatic rings. The van der Waals surface area contributed by atoms with Gasteiger partial charge in [0.2, 0.25) is 0 Å². The Kier molecular flexibility index (Phi) is 70.6. The Morgan fingerprint density at radius 1 is 0.275 bits per heavy atom. The van der Waals surface area contributed by atoms with E-state index >= 15 is 0 Å². The number of rotatable bonds is 80. The van der Waals surface area contributed by atoms with Crippen molar-refractivity contribution in [2.24, 2.45) is 23.7 Å². The minimum absolute atomic E-state index is 0.107. The minimum atomic E-state index is -4.96. The first-order valence-electron chi connectivity index (χ1n) is 42.7. The third-order valence-corrected chi connectivity index (χ3v) is 21.6. The summed E-state index contributed by atoms with van der Waals surface area (Å²) >= 11 is 0. The van der Waals surface area contributed by atoms with E-state index in [-0.39, 0.29) is 25.7 Å². The molecule has 4 unspecified atom stereocenters. The molecule has 0 amide bonds. The van der Waals surface area contributed by atoms with Crippen LogP contribution in [0.5, 0.6) is 0 Å². The van der Waals surface area contributed by atoms with Gasteiger partial charge in [-0.05, 0) is 49.4 Å². The van der Waals surface area contributed by atoms with Crippen LogP contribution in [-0.2, 0) is 65.4 Å². The molecule has 0 fully saturated rings. The number of phosphoric acid groups is 2. The van der Waals surface area contributed by atoms with Gasteiger partial charge in [0.15, 0.2) is 12.2 Å². The van der Waals surface area contributed by atoms with E-state index in [0.717, 1.165) is 114 Å². The molecule has 0 rings (SSSR count). The maximum absolute atomic E-state index is 13.1. The minimum Gasteiger partial charge on any atom is -0.462 e. The first kappa shape index (κ1) is 100. The molecule has 17 nitrogen and oxygen atoms in total. The van der Waals surface area contributed by atoms with Crippen LogP contribution in [0.25, 0.3) is 0 Å². The third kappa shape index (κ3) is 74.9. The maximum atomic E-state index is 13.1. The van der Waals surface area contributed by atoms with Gasteiger partial charge in [0.1, 0.15) is 19.3 Å². The van der Waals surface area contributed by atoms with Gasteiger partial charge < -0.3 is 33.8 Å². The zero-order valence-electron chi connectivity index (χ0n) is 67.2. The summed E-state index contributed by atoms with van der Waals surface area (Å²) in [6.07, 6.45) is 59.8. The standard InChI is InChI=1S/C83H162O17P2/c1-9-76(8)62-54-46-37-31-25-19-16-17-21-27-34-40-50-58-65-82(87)99-78(69-93-80(85)63-55-47-38-32-28-22-24-30-36-44-52-60-74(4)5)71-97-101(89,90)95-67-77(84)68-96-102(91,92)98-72-79(70-94-81(86)64-56-48-42-41-45-53-61-75(6)7)100-83(88)66-57-49-39-33-26-20-15-13-11-10-12-14-18-23-29-35-43-51-59-73(2)3/h73-79,84H,9-72H2,1-8H3,(H,89,90)(H,91,92)/t76?,77?,78-,79-/m1/s1. The fraction of sp³-hybridized carbons (Fsp3) is 0.952. The lowest BCUT2D eigenvalue weighted by atomic mass is 9.99. The molecule has 0 heterocycles. The van der Waals surface area contributed by atoms with E-state index in [1.54, 1.807) is 0 Å². The Hall–Kier alpha value is -1.94. The molecule has 0 spiro atoms. The monoisotopic (exact) mass is 1490 g/mol. The van der Waals surface area contributed by atoms with Crippen molar-refractivity contribution in [3.63, 3.8) is 0 Å². The van der Waals surface area contributed by atoms with E-state index in [9.17, 15) is 43.2 Å². The van der Waals surface area contributed by atoms with Gasteiger partial charge in [-0.3, -0.25) is 37.3 Å². The normalized spacial score (nSPS) is 14.3. The summed E-state index contributed by atoms with van der Waals surface area (Å²) in [6.45, 7) is 14.3. The summed E-state index contributed by atoms with van der Waals surface area (Å²) in [5.41, 5.74) is 0. The van der Waals surface area contributed by atoms with Crippen LogP contribution >= 0.6 is 15.6 Å². The molecule has 0 aliphatic heterocycles. The van der Waals surface area contributed by atoms with Crippen molar-refractivity contribution < 1.29 is 80.2 Å². The Labute approximate surface area is 626 Å². The topological polar surface area (TPSA) is 237 Å². The van der Waals surface area contributed by atoms with Crippen molar-refractivity contribution in [2.45, 2.75) is 446 Å². The highest BCUT2D eigenvalue weighted by atomic mass is 31.2. The summed E-state index contributed by atoms with van der Waals surface area (Å²) < 4.78 is 68.7. The van der Waals surface area contributed by atoms with E-state index < -0.39 is 97.5 Å². The van der Waals surface area contributed by atoms with Crippen LogP contribution in [0.2, 0.25) is 0 Å². The third-order valence-electron chi connectivity index (χ3n) is 19.7. The predicted octanol–water partition coefficient (Wildman–Crippen LogP) is 24.8. The molecule has 0 aromatic heterocycles. The first-order valence-corrected chi connectivity index (χ1v) is 45.7. The van der Waals surface area contributed by atoms with Gasteiger partial charge in [0.05, 0.1) is 26.4 Å².